The predicted molar refractivity (Wildman–Crippen MR) is 91.7 cm³/mol. The summed E-state index contributed by atoms with van der Waals surface area (Å²) in [6, 6.07) is 1.26. The molecule has 24 heavy (non-hydrogen) atoms. The lowest BCUT2D eigenvalue weighted by Gasteiger charge is -2.04. The van der Waals surface area contributed by atoms with Gasteiger partial charge in [-0.2, -0.15) is 4.68 Å². The fourth-order valence-electron chi connectivity index (χ4n) is 2.49. The van der Waals surface area contributed by atoms with Crippen molar-refractivity contribution in [3.05, 3.63) is 22.4 Å². The number of ether oxygens (including phenoxy) is 1. The van der Waals surface area contributed by atoms with Crippen molar-refractivity contribution >= 4 is 11.8 Å². The van der Waals surface area contributed by atoms with Crippen molar-refractivity contribution in [2.24, 2.45) is 0 Å². The number of hydrogen-bond acceptors (Lipinski definition) is 5. The van der Waals surface area contributed by atoms with Crippen LogP contribution in [0.25, 0.3) is 0 Å². The maximum atomic E-state index is 11.6. The number of rotatable bonds is 14. The molecule has 0 amide bonds. The molecule has 0 aliphatic carbocycles. The number of unbranched alkanes of at least 4 members (excludes halogenated alkanes) is 9. The first-order valence-corrected chi connectivity index (χ1v) is 8.97. The standard InChI is InChI=1S/C17H29N3O4/c1-2-3-4-5-6-7-8-9-10-11-14-24-17(21)15-19-13-12-16(18-19)20(22)23/h12-13H,2-11,14-15H2,1H3. The van der Waals surface area contributed by atoms with E-state index in [4.69, 9.17) is 4.74 Å². The van der Waals surface area contributed by atoms with Gasteiger partial charge in [0.1, 0.15) is 0 Å². The van der Waals surface area contributed by atoms with E-state index in [2.05, 4.69) is 12.0 Å². The summed E-state index contributed by atoms with van der Waals surface area (Å²) in [6.07, 6.45) is 13.7. The summed E-state index contributed by atoms with van der Waals surface area (Å²) in [5.74, 6) is -0.679. The molecule has 7 heteroatoms. The zero-order valence-electron chi connectivity index (χ0n) is 14.6. The molecule has 0 fully saturated rings. The minimum atomic E-state index is -0.592. The second-order valence-corrected chi connectivity index (χ2v) is 6.03. The quantitative estimate of drug-likeness (QED) is 0.219. The third kappa shape index (κ3) is 9.27. The summed E-state index contributed by atoms with van der Waals surface area (Å²) in [7, 11) is 0. The second kappa shape index (κ2) is 12.5. The Labute approximate surface area is 143 Å². The molecule has 0 saturated heterocycles. The maximum absolute atomic E-state index is 11.6. The maximum Gasteiger partial charge on any atom is 0.389 e. The average molecular weight is 339 g/mol. The van der Waals surface area contributed by atoms with Gasteiger partial charge in [0.25, 0.3) is 0 Å². The van der Waals surface area contributed by atoms with E-state index in [0.717, 1.165) is 12.8 Å². The summed E-state index contributed by atoms with van der Waals surface area (Å²) in [5.41, 5.74) is 0. The van der Waals surface area contributed by atoms with Gasteiger partial charge < -0.3 is 14.9 Å². The van der Waals surface area contributed by atoms with Gasteiger partial charge in [-0.15, -0.1) is 0 Å². The van der Waals surface area contributed by atoms with Crippen LogP contribution in [-0.2, 0) is 16.1 Å². The summed E-state index contributed by atoms with van der Waals surface area (Å²) >= 11 is 0. The molecule has 0 aromatic carbocycles. The van der Waals surface area contributed by atoms with Gasteiger partial charge in [-0.3, -0.25) is 0 Å². The zero-order valence-corrected chi connectivity index (χ0v) is 14.6. The average Bonchev–Trinajstić information content (AvgIpc) is 3.01. The molecule has 0 radical (unpaired) electrons. The van der Waals surface area contributed by atoms with Gasteiger partial charge in [0.15, 0.2) is 6.54 Å². The molecule has 1 aromatic heterocycles. The molecule has 0 bridgehead atoms. The Morgan fingerprint density at radius 2 is 1.71 bits per heavy atom. The smallest absolute Gasteiger partial charge is 0.389 e. The van der Waals surface area contributed by atoms with Gasteiger partial charge in [0.05, 0.1) is 24.0 Å². The molecular formula is C17H29N3O4. The Kier molecular flexibility index (Phi) is 10.5. The van der Waals surface area contributed by atoms with Crippen molar-refractivity contribution in [2.45, 2.75) is 77.7 Å². The van der Waals surface area contributed by atoms with Crippen LogP contribution < -0.4 is 0 Å². The molecule has 1 aromatic rings. The fourth-order valence-corrected chi connectivity index (χ4v) is 2.49. The Hall–Kier alpha value is -1.92. The van der Waals surface area contributed by atoms with E-state index < -0.39 is 10.9 Å². The lowest BCUT2D eigenvalue weighted by atomic mass is 10.1. The van der Waals surface area contributed by atoms with E-state index in [1.165, 1.54) is 68.3 Å². The Bertz CT molecular complexity index is 488. The number of carbonyl (C=O) groups excluding carboxylic acids is 1. The number of nitro groups is 1. The molecule has 1 heterocycles. The minimum absolute atomic E-state index is 0.0917. The molecule has 0 unspecified atom stereocenters. The third-order valence-corrected chi connectivity index (χ3v) is 3.87. The van der Waals surface area contributed by atoms with Crippen LogP contribution in [0.3, 0.4) is 0 Å². The van der Waals surface area contributed by atoms with Crippen LogP contribution in [0.5, 0.6) is 0 Å². The van der Waals surface area contributed by atoms with Crippen LogP contribution in [0.4, 0.5) is 5.82 Å². The second-order valence-electron chi connectivity index (χ2n) is 6.03. The molecule has 7 nitrogen and oxygen atoms in total. The molecule has 1 rings (SSSR count). The topological polar surface area (TPSA) is 87.3 Å². The van der Waals surface area contributed by atoms with Gasteiger partial charge in [0.2, 0.25) is 0 Å². The van der Waals surface area contributed by atoms with Crippen LogP contribution in [0.2, 0.25) is 0 Å². The van der Waals surface area contributed by atoms with E-state index in [1.807, 2.05) is 0 Å². The highest BCUT2D eigenvalue weighted by Crippen LogP contribution is 2.10. The monoisotopic (exact) mass is 339 g/mol. The number of esters is 1. The molecule has 0 aliphatic rings. The van der Waals surface area contributed by atoms with E-state index >= 15 is 0 Å². The lowest BCUT2D eigenvalue weighted by Crippen LogP contribution is -2.14. The van der Waals surface area contributed by atoms with E-state index in [-0.39, 0.29) is 12.4 Å². The highest BCUT2D eigenvalue weighted by Gasteiger charge is 2.13. The van der Waals surface area contributed by atoms with Crippen LogP contribution >= 0.6 is 0 Å². The zero-order chi connectivity index (χ0) is 17.6. The Morgan fingerprint density at radius 3 is 2.25 bits per heavy atom. The first kappa shape index (κ1) is 20.1. The largest absolute Gasteiger partial charge is 0.464 e. The highest BCUT2D eigenvalue weighted by atomic mass is 16.6. The SMILES string of the molecule is CCCCCCCCCCCCOC(=O)Cn1ccc([N+](=O)[O-])n1. The first-order chi connectivity index (χ1) is 11.6. The Balaban J connectivity index is 1.95. The molecule has 0 atom stereocenters. The third-order valence-electron chi connectivity index (χ3n) is 3.87. The van der Waals surface area contributed by atoms with Crippen molar-refractivity contribution in [1.29, 1.82) is 0 Å². The van der Waals surface area contributed by atoms with E-state index in [9.17, 15) is 14.9 Å². The van der Waals surface area contributed by atoms with Crippen LogP contribution in [-0.4, -0.2) is 27.3 Å². The molecule has 0 N–H and O–H groups in total. The van der Waals surface area contributed by atoms with Crippen molar-refractivity contribution in [1.82, 2.24) is 9.78 Å². The first-order valence-electron chi connectivity index (χ1n) is 8.97. The molecule has 0 saturated carbocycles. The van der Waals surface area contributed by atoms with Gasteiger partial charge in [-0.1, -0.05) is 64.7 Å². The molecule has 136 valence electrons. The normalized spacial score (nSPS) is 10.7. The fraction of sp³-hybridized carbons (Fsp3) is 0.765. The summed E-state index contributed by atoms with van der Waals surface area (Å²) in [6.45, 7) is 2.54. The number of hydrogen-bond donors (Lipinski definition) is 0. The highest BCUT2D eigenvalue weighted by molar-refractivity contribution is 5.69. The van der Waals surface area contributed by atoms with Gasteiger partial charge in [0, 0.05) is 0 Å². The van der Waals surface area contributed by atoms with Crippen LogP contribution in [0.15, 0.2) is 12.3 Å². The van der Waals surface area contributed by atoms with Crippen molar-refractivity contribution in [3.63, 3.8) is 0 Å². The number of carbonyl (C=O) groups is 1. The summed E-state index contributed by atoms with van der Waals surface area (Å²) < 4.78 is 6.34. The van der Waals surface area contributed by atoms with Gasteiger partial charge in [-0.05, 0) is 11.3 Å². The lowest BCUT2D eigenvalue weighted by molar-refractivity contribution is -0.389. The van der Waals surface area contributed by atoms with E-state index in [0.29, 0.717) is 6.61 Å². The predicted octanol–water partition coefficient (Wildman–Crippen LogP) is 4.26. The Morgan fingerprint density at radius 1 is 1.12 bits per heavy atom. The number of nitrogens with zero attached hydrogens (tertiary/aromatic N) is 3. The van der Waals surface area contributed by atoms with Crippen molar-refractivity contribution < 1.29 is 14.5 Å². The summed E-state index contributed by atoms with van der Waals surface area (Å²) in [5, 5.41) is 14.2. The van der Waals surface area contributed by atoms with Crippen LogP contribution in [0.1, 0.15) is 71.1 Å². The van der Waals surface area contributed by atoms with Crippen molar-refractivity contribution in [2.75, 3.05) is 6.61 Å². The molecular weight excluding hydrogens is 310 g/mol. The summed E-state index contributed by atoms with van der Waals surface area (Å²) in [4.78, 5) is 21.5. The van der Waals surface area contributed by atoms with E-state index in [1.54, 1.807) is 0 Å². The minimum Gasteiger partial charge on any atom is -0.464 e. The van der Waals surface area contributed by atoms with Crippen molar-refractivity contribution in [3.8, 4) is 0 Å². The van der Waals surface area contributed by atoms with Gasteiger partial charge in [-0.25, -0.2) is 4.79 Å². The number of aromatic nitrogens is 2. The van der Waals surface area contributed by atoms with Crippen LogP contribution in [0, 0.1) is 10.1 Å². The molecule has 0 spiro atoms. The van der Waals surface area contributed by atoms with Gasteiger partial charge >= 0.3 is 11.8 Å². The molecule has 0 aliphatic heterocycles.